The molecule has 0 amide bonds. The van der Waals surface area contributed by atoms with Gasteiger partial charge in [-0.25, -0.2) is 9.18 Å². The highest BCUT2D eigenvalue weighted by molar-refractivity contribution is 5.89. The molecule has 1 unspecified atom stereocenters. The number of aryl methyl sites for hydroxylation is 1. The van der Waals surface area contributed by atoms with Crippen molar-refractivity contribution >= 4 is 11.7 Å². The first-order chi connectivity index (χ1) is 10.0. The van der Waals surface area contributed by atoms with E-state index in [0.717, 1.165) is 5.56 Å². The molecule has 1 aromatic heterocycles. The van der Waals surface area contributed by atoms with Crippen molar-refractivity contribution in [3.8, 4) is 5.75 Å². The van der Waals surface area contributed by atoms with E-state index in [0.29, 0.717) is 23.6 Å². The summed E-state index contributed by atoms with van der Waals surface area (Å²) in [5, 5.41) is 0. The lowest BCUT2D eigenvalue weighted by Crippen LogP contribution is -2.23. The van der Waals surface area contributed by atoms with Crippen molar-refractivity contribution in [1.29, 1.82) is 0 Å². The topological polar surface area (TPSA) is 66.5 Å². The maximum Gasteiger partial charge on any atom is 0.355 e. The lowest BCUT2D eigenvalue weighted by Gasteiger charge is -2.11. The van der Waals surface area contributed by atoms with Gasteiger partial charge in [-0.15, -0.1) is 0 Å². The van der Waals surface area contributed by atoms with Gasteiger partial charge in [0.2, 0.25) is 0 Å². The zero-order valence-corrected chi connectivity index (χ0v) is 11.5. The van der Waals surface area contributed by atoms with Gasteiger partial charge in [-0.3, -0.25) is 0 Å². The minimum atomic E-state index is -0.458. The number of carbonyl (C=O) groups is 1. The molecule has 5 nitrogen and oxygen atoms in total. The molecule has 0 aliphatic carbocycles. The second kappa shape index (κ2) is 5.12. The summed E-state index contributed by atoms with van der Waals surface area (Å²) in [5.41, 5.74) is 7.30. The molecule has 2 heterocycles. The molecule has 0 saturated heterocycles. The summed E-state index contributed by atoms with van der Waals surface area (Å²) in [7, 11) is 1.72. The first kappa shape index (κ1) is 13.5. The van der Waals surface area contributed by atoms with Crippen LogP contribution in [-0.2, 0) is 18.2 Å². The van der Waals surface area contributed by atoms with Crippen LogP contribution in [0.1, 0.15) is 16.1 Å². The van der Waals surface area contributed by atoms with Crippen molar-refractivity contribution in [3.63, 3.8) is 0 Å². The summed E-state index contributed by atoms with van der Waals surface area (Å²) in [5.74, 6) is -0.116. The number of benzene rings is 1. The molecular formula is C15H15FN2O3. The van der Waals surface area contributed by atoms with E-state index in [2.05, 4.69) is 0 Å². The first-order valence-electron chi connectivity index (χ1n) is 6.57. The maximum absolute atomic E-state index is 13.1. The number of nitrogens with two attached hydrogens (primary N) is 1. The predicted octanol–water partition coefficient (Wildman–Crippen LogP) is 1.91. The summed E-state index contributed by atoms with van der Waals surface area (Å²) in [4.78, 5) is 11.9. The average Bonchev–Trinajstić information content (AvgIpc) is 2.98. The van der Waals surface area contributed by atoms with Crippen LogP contribution in [0.15, 0.2) is 30.5 Å². The fraction of sp³-hybridized carbons (Fsp3) is 0.267. The molecule has 21 heavy (non-hydrogen) atoms. The lowest BCUT2D eigenvalue weighted by atomic mass is 10.1. The molecule has 6 heteroatoms. The minimum absolute atomic E-state index is 0.111. The van der Waals surface area contributed by atoms with Crippen molar-refractivity contribution in [2.24, 2.45) is 7.05 Å². The van der Waals surface area contributed by atoms with Gasteiger partial charge in [0.25, 0.3) is 0 Å². The van der Waals surface area contributed by atoms with E-state index in [4.69, 9.17) is 15.2 Å². The Balaban J connectivity index is 1.60. The number of rotatable bonds is 3. The van der Waals surface area contributed by atoms with Crippen LogP contribution in [0.25, 0.3) is 0 Å². The normalized spacial score (nSPS) is 16.4. The van der Waals surface area contributed by atoms with Gasteiger partial charge in [-0.1, -0.05) is 0 Å². The Bertz CT molecular complexity index is 696. The fourth-order valence-electron chi connectivity index (χ4n) is 2.42. The van der Waals surface area contributed by atoms with E-state index < -0.39 is 5.97 Å². The Morgan fingerprint density at radius 1 is 1.52 bits per heavy atom. The number of halogens is 1. The molecule has 2 aromatic rings. The van der Waals surface area contributed by atoms with Crippen molar-refractivity contribution in [2.75, 3.05) is 12.3 Å². The number of aromatic nitrogens is 1. The SMILES string of the molecule is Cn1cc(N)cc1C(=O)OCC1Cc2cc(F)ccc2O1. The molecule has 0 saturated carbocycles. The van der Waals surface area contributed by atoms with Crippen molar-refractivity contribution in [2.45, 2.75) is 12.5 Å². The number of ether oxygens (including phenoxy) is 2. The molecule has 110 valence electrons. The molecule has 0 radical (unpaired) electrons. The number of hydrogen-bond donors (Lipinski definition) is 1. The molecule has 0 spiro atoms. The summed E-state index contributed by atoms with van der Waals surface area (Å²) in [6.07, 6.45) is 1.88. The van der Waals surface area contributed by atoms with Crippen LogP contribution in [0.2, 0.25) is 0 Å². The smallest absolute Gasteiger partial charge is 0.355 e. The second-order valence-electron chi connectivity index (χ2n) is 5.06. The van der Waals surface area contributed by atoms with Crippen LogP contribution in [-0.4, -0.2) is 23.2 Å². The monoisotopic (exact) mass is 290 g/mol. The quantitative estimate of drug-likeness (QED) is 0.877. The fourth-order valence-corrected chi connectivity index (χ4v) is 2.42. The molecule has 1 aliphatic rings. The van der Waals surface area contributed by atoms with Crippen LogP contribution in [0.3, 0.4) is 0 Å². The van der Waals surface area contributed by atoms with Gasteiger partial charge in [-0.05, 0) is 24.3 Å². The van der Waals surface area contributed by atoms with Crippen LogP contribution < -0.4 is 10.5 Å². The number of esters is 1. The Kier molecular flexibility index (Phi) is 3.29. The zero-order valence-electron chi connectivity index (χ0n) is 11.5. The van der Waals surface area contributed by atoms with E-state index >= 15 is 0 Å². The van der Waals surface area contributed by atoms with E-state index in [1.807, 2.05) is 0 Å². The standard InChI is InChI=1S/C15H15FN2O3/c1-18-7-11(17)6-13(18)15(19)20-8-12-5-9-4-10(16)2-3-14(9)21-12/h2-4,6-7,12H,5,8,17H2,1H3. The maximum atomic E-state index is 13.1. The minimum Gasteiger partial charge on any atom is -0.486 e. The van der Waals surface area contributed by atoms with Crippen LogP contribution in [0.5, 0.6) is 5.75 Å². The number of nitrogen functional groups attached to an aromatic ring is 1. The molecule has 2 N–H and O–H groups in total. The van der Waals surface area contributed by atoms with Gasteiger partial charge in [0, 0.05) is 25.2 Å². The van der Waals surface area contributed by atoms with Gasteiger partial charge in [0.05, 0.1) is 5.69 Å². The van der Waals surface area contributed by atoms with Crippen molar-refractivity contribution in [1.82, 2.24) is 4.57 Å². The molecule has 0 fully saturated rings. The molecule has 1 atom stereocenters. The van der Waals surface area contributed by atoms with E-state index in [1.54, 1.807) is 29.9 Å². The molecular weight excluding hydrogens is 275 g/mol. The molecule has 0 bridgehead atoms. The predicted molar refractivity (Wildman–Crippen MR) is 74.6 cm³/mol. The van der Waals surface area contributed by atoms with E-state index in [1.165, 1.54) is 12.1 Å². The highest BCUT2D eigenvalue weighted by Gasteiger charge is 2.25. The Hall–Kier alpha value is -2.50. The van der Waals surface area contributed by atoms with E-state index in [9.17, 15) is 9.18 Å². The average molecular weight is 290 g/mol. The second-order valence-corrected chi connectivity index (χ2v) is 5.06. The molecule has 1 aromatic carbocycles. The highest BCUT2D eigenvalue weighted by atomic mass is 19.1. The number of carbonyl (C=O) groups excluding carboxylic acids is 1. The van der Waals surface area contributed by atoms with Gasteiger partial charge in [0.15, 0.2) is 0 Å². The van der Waals surface area contributed by atoms with Gasteiger partial charge < -0.3 is 19.8 Å². The third kappa shape index (κ3) is 2.69. The Morgan fingerprint density at radius 3 is 3.05 bits per heavy atom. The summed E-state index contributed by atoms with van der Waals surface area (Å²) >= 11 is 0. The first-order valence-corrected chi connectivity index (χ1v) is 6.57. The summed E-state index contributed by atoms with van der Waals surface area (Å²) in [6.45, 7) is 0.111. The number of hydrogen-bond acceptors (Lipinski definition) is 4. The number of fused-ring (bicyclic) bond motifs is 1. The lowest BCUT2D eigenvalue weighted by molar-refractivity contribution is 0.0336. The molecule has 1 aliphatic heterocycles. The van der Waals surface area contributed by atoms with Gasteiger partial charge in [-0.2, -0.15) is 0 Å². The number of anilines is 1. The van der Waals surface area contributed by atoms with Crippen molar-refractivity contribution in [3.05, 3.63) is 47.5 Å². The summed E-state index contributed by atoms with van der Waals surface area (Å²) < 4.78 is 25.6. The van der Waals surface area contributed by atoms with Gasteiger partial charge in [0.1, 0.15) is 30.0 Å². The van der Waals surface area contributed by atoms with Gasteiger partial charge >= 0.3 is 5.97 Å². The zero-order chi connectivity index (χ0) is 15.0. The van der Waals surface area contributed by atoms with Crippen LogP contribution in [0, 0.1) is 5.82 Å². The largest absolute Gasteiger partial charge is 0.486 e. The Morgan fingerprint density at radius 2 is 2.33 bits per heavy atom. The van der Waals surface area contributed by atoms with E-state index in [-0.39, 0.29) is 18.5 Å². The summed E-state index contributed by atoms with van der Waals surface area (Å²) in [6, 6.07) is 5.93. The van der Waals surface area contributed by atoms with Crippen molar-refractivity contribution < 1.29 is 18.7 Å². The van der Waals surface area contributed by atoms with Crippen LogP contribution >= 0.6 is 0 Å². The Labute approximate surface area is 121 Å². The third-order valence-electron chi connectivity index (χ3n) is 3.40. The number of nitrogens with zero attached hydrogens (tertiary/aromatic N) is 1. The highest BCUT2D eigenvalue weighted by Crippen LogP contribution is 2.29. The van der Waals surface area contributed by atoms with Crippen LogP contribution in [0.4, 0.5) is 10.1 Å². The third-order valence-corrected chi connectivity index (χ3v) is 3.40. The molecule has 3 rings (SSSR count).